The molecule has 1 rings (SSSR count). The van der Waals surface area contributed by atoms with Crippen LogP contribution in [0.5, 0.6) is 0 Å². The van der Waals surface area contributed by atoms with Gasteiger partial charge in [0.25, 0.3) is 0 Å². The maximum Gasteiger partial charge on any atom is 0.194 e. The number of hydrogen-bond donors (Lipinski definition) is 1. The molecule has 0 unspecified atom stereocenters. The summed E-state index contributed by atoms with van der Waals surface area (Å²) in [5.41, 5.74) is 0.854. The number of hydrogen-bond acceptors (Lipinski definition) is 4. The van der Waals surface area contributed by atoms with Crippen molar-refractivity contribution in [2.45, 2.75) is 13.5 Å². The Bertz CT molecular complexity index is 635. The topological polar surface area (TPSA) is 71.0 Å². The van der Waals surface area contributed by atoms with Gasteiger partial charge in [0, 0.05) is 26.4 Å². The second kappa shape index (κ2) is 10.2. The molecular weight excluding hydrogens is 333 g/mol. The van der Waals surface area contributed by atoms with E-state index in [9.17, 15) is 12.8 Å². The van der Waals surface area contributed by atoms with Gasteiger partial charge in [0.05, 0.1) is 25.5 Å². The Morgan fingerprint density at radius 3 is 2.75 bits per heavy atom. The third-order valence-electron chi connectivity index (χ3n) is 3.10. The molecule has 0 saturated heterocycles. The molecule has 0 atom stereocenters. The van der Waals surface area contributed by atoms with Gasteiger partial charge in [-0.1, -0.05) is 12.1 Å². The lowest BCUT2D eigenvalue weighted by atomic mass is 10.2. The molecule has 6 nitrogen and oxygen atoms in total. The Hall–Kier alpha value is -1.67. The predicted octanol–water partition coefficient (Wildman–Crippen LogP) is 1.28. The molecule has 136 valence electrons. The average molecular weight is 359 g/mol. The summed E-state index contributed by atoms with van der Waals surface area (Å²) in [6, 6.07) is 6.45. The third kappa shape index (κ3) is 8.83. The molecule has 0 fully saturated rings. The maximum absolute atomic E-state index is 13.2. The first-order chi connectivity index (χ1) is 11.3. The summed E-state index contributed by atoms with van der Waals surface area (Å²) >= 11 is 0. The van der Waals surface area contributed by atoms with Crippen molar-refractivity contribution in [3.8, 4) is 0 Å². The van der Waals surface area contributed by atoms with Gasteiger partial charge in [-0.25, -0.2) is 12.8 Å². The molecule has 0 heterocycles. The van der Waals surface area contributed by atoms with Gasteiger partial charge >= 0.3 is 0 Å². The molecule has 0 saturated carbocycles. The lowest BCUT2D eigenvalue weighted by Crippen LogP contribution is -2.38. The molecule has 1 aromatic carbocycles. The number of nitrogens with zero attached hydrogens (tertiary/aromatic N) is 2. The van der Waals surface area contributed by atoms with Gasteiger partial charge in [-0.15, -0.1) is 0 Å². The van der Waals surface area contributed by atoms with Gasteiger partial charge in [-0.05, 0) is 24.6 Å². The highest BCUT2D eigenvalue weighted by atomic mass is 32.2. The number of guanidine groups is 1. The lowest BCUT2D eigenvalue weighted by Gasteiger charge is -2.22. The summed E-state index contributed by atoms with van der Waals surface area (Å²) in [6.07, 6.45) is 1.18. The second-order valence-electron chi connectivity index (χ2n) is 5.46. The van der Waals surface area contributed by atoms with Crippen molar-refractivity contribution in [3.05, 3.63) is 35.6 Å². The van der Waals surface area contributed by atoms with E-state index in [4.69, 9.17) is 4.74 Å². The van der Waals surface area contributed by atoms with Gasteiger partial charge in [-0.3, -0.25) is 4.99 Å². The fourth-order valence-electron chi connectivity index (χ4n) is 1.98. The first-order valence-corrected chi connectivity index (χ1v) is 9.87. The Labute approximate surface area is 143 Å². The minimum atomic E-state index is -3.00. The molecule has 0 spiro atoms. The Morgan fingerprint density at radius 2 is 2.12 bits per heavy atom. The van der Waals surface area contributed by atoms with Crippen molar-refractivity contribution >= 4 is 15.8 Å². The maximum atomic E-state index is 13.2. The molecule has 0 aliphatic carbocycles. The molecule has 1 aromatic rings. The van der Waals surface area contributed by atoms with Crippen LogP contribution >= 0.6 is 0 Å². The second-order valence-corrected chi connectivity index (χ2v) is 7.72. The number of sulfone groups is 1. The lowest BCUT2D eigenvalue weighted by molar-refractivity contribution is 0.157. The number of aliphatic imine (C=N–C) groups is 1. The molecule has 0 bridgehead atoms. The van der Waals surface area contributed by atoms with E-state index in [1.807, 2.05) is 24.9 Å². The highest BCUT2D eigenvalue weighted by molar-refractivity contribution is 7.90. The smallest absolute Gasteiger partial charge is 0.194 e. The molecule has 24 heavy (non-hydrogen) atoms. The fourth-order valence-corrected chi connectivity index (χ4v) is 2.40. The number of halogens is 1. The van der Waals surface area contributed by atoms with Crippen molar-refractivity contribution < 1.29 is 17.5 Å². The summed E-state index contributed by atoms with van der Waals surface area (Å²) in [4.78, 5) is 6.33. The van der Waals surface area contributed by atoms with Crippen molar-refractivity contribution in [2.24, 2.45) is 4.99 Å². The Kier molecular flexibility index (Phi) is 8.70. The molecule has 1 N–H and O–H groups in total. The highest BCUT2D eigenvalue weighted by Crippen LogP contribution is 2.06. The molecule has 0 aliphatic rings. The summed E-state index contributed by atoms with van der Waals surface area (Å²) in [7, 11) is -1.13. The van der Waals surface area contributed by atoms with Crippen LogP contribution in [0.15, 0.2) is 29.3 Å². The zero-order chi connectivity index (χ0) is 18.0. The van der Waals surface area contributed by atoms with E-state index in [0.717, 1.165) is 5.56 Å². The van der Waals surface area contributed by atoms with Gasteiger partial charge in [0.15, 0.2) is 5.96 Å². The summed E-state index contributed by atoms with van der Waals surface area (Å²) in [5, 5.41) is 3.16. The van der Waals surface area contributed by atoms with Crippen LogP contribution in [0.25, 0.3) is 0 Å². The predicted molar refractivity (Wildman–Crippen MR) is 94.4 cm³/mol. The molecule has 0 amide bonds. The van der Waals surface area contributed by atoms with Crippen LogP contribution < -0.4 is 5.32 Å². The van der Waals surface area contributed by atoms with Crippen LogP contribution in [-0.2, 0) is 21.1 Å². The van der Waals surface area contributed by atoms with Crippen LogP contribution in [0.1, 0.15) is 12.5 Å². The minimum absolute atomic E-state index is 0.0102. The van der Waals surface area contributed by atoms with Crippen LogP contribution in [0.2, 0.25) is 0 Å². The van der Waals surface area contributed by atoms with Gasteiger partial charge in [0.1, 0.15) is 15.7 Å². The van der Waals surface area contributed by atoms with Crippen molar-refractivity contribution in [1.82, 2.24) is 10.2 Å². The summed E-state index contributed by atoms with van der Waals surface area (Å²) < 4.78 is 40.5. The van der Waals surface area contributed by atoms with Crippen molar-refractivity contribution in [2.75, 3.05) is 45.4 Å². The Morgan fingerprint density at radius 1 is 1.38 bits per heavy atom. The van der Waals surface area contributed by atoms with Crippen LogP contribution in [0, 0.1) is 5.82 Å². The number of ether oxygens (including phenoxy) is 1. The van der Waals surface area contributed by atoms with E-state index in [1.165, 1.54) is 18.4 Å². The average Bonchev–Trinajstić information content (AvgIpc) is 2.48. The zero-order valence-electron chi connectivity index (χ0n) is 14.5. The van der Waals surface area contributed by atoms with Gasteiger partial charge in [-0.2, -0.15) is 0 Å². The van der Waals surface area contributed by atoms with E-state index in [0.29, 0.717) is 32.2 Å². The molecular formula is C16H26FN3O3S. The first kappa shape index (κ1) is 20.4. The van der Waals surface area contributed by atoms with Crippen LogP contribution in [0.4, 0.5) is 4.39 Å². The highest BCUT2D eigenvalue weighted by Gasteiger charge is 2.07. The van der Waals surface area contributed by atoms with Gasteiger partial charge < -0.3 is 15.0 Å². The third-order valence-corrected chi connectivity index (χ3v) is 4.01. The van der Waals surface area contributed by atoms with E-state index >= 15 is 0 Å². The standard InChI is InChI=1S/C16H26FN3O3S/c1-4-18-16(19-8-9-23-10-11-24(3,21)22)20(2)13-14-6-5-7-15(17)12-14/h5-7,12H,4,8-11,13H2,1-3H3,(H,18,19). The summed E-state index contributed by atoms with van der Waals surface area (Å²) in [6.45, 7) is 4.13. The monoisotopic (exact) mass is 359 g/mol. The van der Waals surface area contributed by atoms with E-state index in [1.54, 1.807) is 6.07 Å². The summed E-state index contributed by atoms with van der Waals surface area (Å²) in [5.74, 6) is 0.437. The largest absolute Gasteiger partial charge is 0.378 e. The fraction of sp³-hybridized carbons (Fsp3) is 0.562. The van der Waals surface area contributed by atoms with Gasteiger partial charge in [0.2, 0.25) is 0 Å². The normalized spacial score (nSPS) is 12.2. The number of rotatable bonds is 9. The molecule has 0 radical (unpaired) electrons. The van der Waals surface area contributed by atoms with E-state index in [2.05, 4.69) is 10.3 Å². The Balaban J connectivity index is 2.49. The quantitative estimate of drug-likeness (QED) is 0.409. The van der Waals surface area contributed by atoms with Crippen molar-refractivity contribution in [3.63, 3.8) is 0 Å². The molecule has 8 heteroatoms. The van der Waals surface area contributed by atoms with E-state index < -0.39 is 9.84 Å². The first-order valence-electron chi connectivity index (χ1n) is 7.81. The number of nitrogens with one attached hydrogen (secondary N) is 1. The van der Waals surface area contributed by atoms with Crippen LogP contribution in [0.3, 0.4) is 0 Å². The van der Waals surface area contributed by atoms with Crippen molar-refractivity contribution in [1.29, 1.82) is 0 Å². The van der Waals surface area contributed by atoms with E-state index in [-0.39, 0.29) is 18.2 Å². The number of benzene rings is 1. The zero-order valence-corrected chi connectivity index (χ0v) is 15.3. The SMILES string of the molecule is CCNC(=NCCOCCS(C)(=O)=O)N(C)Cc1cccc(F)c1. The molecule has 0 aliphatic heterocycles. The molecule has 0 aromatic heterocycles. The van der Waals surface area contributed by atoms with Crippen LogP contribution in [-0.4, -0.2) is 64.6 Å². The minimum Gasteiger partial charge on any atom is -0.378 e.